The molecule has 0 unspecified atom stereocenters. The monoisotopic (exact) mass is 518 g/mol. The molecule has 0 bridgehead atoms. The first-order valence-corrected chi connectivity index (χ1v) is 10.5. The summed E-state index contributed by atoms with van der Waals surface area (Å²) < 4.78 is 0. The van der Waals surface area contributed by atoms with Gasteiger partial charge in [0.05, 0.1) is 22.1 Å². The van der Waals surface area contributed by atoms with E-state index >= 15 is 0 Å². The number of piperazine rings is 1. The van der Waals surface area contributed by atoms with Crippen molar-refractivity contribution in [3.63, 3.8) is 0 Å². The Morgan fingerprint density at radius 3 is 1.91 bits per heavy atom. The summed E-state index contributed by atoms with van der Waals surface area (Å²) in [6.07, 6.45) is 0. The van der Waals surface area contributed by atoms with Crippen LogP contribution < -0.4 is 10.2 Å². The Bertz CT molecular complexity index is 1390. The maximum absolute atomic E-state index is 9.51. The van der Waals surface area contributed by atoms with Crippen LogP contribution in [-0.4, -0.2) is 51.2 Å². The minimum atomic E-state index is 0. The van der Waals surface area contributed by atoms with Crippen LogP contribution in [0.5, 0.6) is 5.75 Å². The fourth-order valence-electron chi connectivity index (χ4n) is 4.17. The second-order valence-electron chi connectivity index (χ2n) is 7.89. The van der Waals surface area contributed by atoms with Crippen molar-refractivity contribution >= 4 is 65.0 Å². The molecule has 1 fully saturated rings. The fraction of sp³-hybridized carbons (Fsp3) is 0.167. The number of fused-ring (bicyclic) bond motifs is 2. The summed E-state index contributed by atoms with van der Waals surface area (Å²) in [5, 5.41) is 12.9. The third-order valence-electron chi connectivity index (χ3n) is 5.84. The van der Waals surface area contributed by atoms with Crippen molar-refractivity contribution in [2.24, 2.45) is 0 Å². The molecule has 6 rings (SSSR count). The summed E-state index contributed by atoms with van der Waals surface area (Å²) in [4.78, 5) is 18.7. The van der Waals surface area contributed by atoms with Crippen LogP contribution >= 0.6 is 37.2 Å². The summed E-state index contributed by atoms with van der Waals surface area (Å²) >= 11 is 0. The van der Waals surface area contributed by atoms with Gasteiger partial charge in [-0.1, -0.05) is 0 Å². The van der Waals surface area contributed by atoms with Gasteiger partial charge in [-0.15, -0.1) is 37.2 Å². The van der Waals surface area contributed by atoms with Crippen LogP contribution in [0.4, 0.5) is 5.69 Å². The number of hydrogen-bond donors (Lipinski definition) is 4. The van der Waals surface area contributed by atoms with Crippen LogP contribution in [0.15, 0.2) is 60.7 Å². The lowest BCUT2D eigenvalue weighted by Gasteiger charge is -2.29. The molecule has 1 aliphatic heterocycles. The molecule has 3 aromatic carbocycles. The highest BCUT2D eigenvalue weighted by Gasteiger charge is 2.13. The van der Waals surface area contributed by atoms with E-state index in [4.69, 9.17) is 4.98 Å². The highest BCUT2D eigenvalue weighted by molar-refractivity contribution is 5.87. The van der Waals surface area contributed by atoms with E-state index in [1.54, 1.807) is 12.1 Å². The number of nitrogens with zero attached hydrogens (tertiary/aromatic N) is 3. The van der Waals surface area contributed by atoms with Gasteiger partial charge in [0, 0.05) is 43.0 Å². The van der Waals surface area contributed by atoms with Gasteiger partial charge in [-0.2, -0.15) is 0 Å². The number of H-pyrrole nitrogens is 2. The summed E-state index contributed by atoms with van der Waals surface area (Å²) in [5.74, 6) is 1.86. The molecule has 1 aliphatic rings. The molecule has 0 saturated carbocycles. The number of benzene rings is 3. The Morgan fingerprint density at radius 1 is 0.676 bits per heavy atom. The van der Waals surface area contributed by atoms with E-state index in [0.717, 1.165) is 71.0 Å². The minimum absolute atomic E-state index is 0. The van der Waals surface area contributed by atoms with Crippen molar-refractivity contribution < 1.29 is 5.11 Å². The predicted molar refractivity (Wildman–Crippen MR) is 145 cm³/mol. The molecule has 34 heavy (non-hydrogen) atoms. The summed E-state index contributed by atoms with van der Waals surface area (Å²) in [7, 11) is 0. The van der Waals surface area contributed by atoms with Crippen LogP contribution in [0.2, 0.25) is 0 Å². The van der Waals surface area contributed by atoms with Crippen molar-refractivity contribution in [3.8, 4) is 28.5 Å². The molecular formula is C24H25Cl3N6O. The topological polar surface area (TPSA) is 92.9 Å². The number of nitrogens with one attached hydrogen (secondary N) is 3. The zero-order valence-electron chi connectivity index (χ0n) is 18.1. The summed E-state index contributed by atoms with van der Waals surface area (Å²) in [6.45, 7) is 4.07. The van der Waals surface area contributed by atoms with Gasteiger partial charge in [-0.05, 0) is 60.7 Å². The predicted octanol–water partition coefficient (Wildman–Crippen LogP) is 5.15. The largest absolute Gasteiger partial charge is 0.508 e. The van der Waals surface area contributed by atoms with Crippen molar-refractivity contribution in [2.45, 2.75) is 0 Å². The fourth-order valence-corrected chi connectivity index (χ4v) is 4.17. The highest BCUT2D eigenvalue weighted by atomic mass is 35.5. The lowest BCUT2D eigenvalue weighted by Crippen LogP contribution is -2.43. The SMILES string of the molecule is Cl.Cl.Cl.Oc1ccc(-c2nc3ccc(-c4nc5ccc(N6CCNCC6)cc5[nH]4)cc3[nH]2)cc1. The van der Waals surface area contributed by atoms with E-state index in [0.29, 0.717) is 0 Å². The zero-order valence-corrected chi connectivity index (χ0v) is 20.6. The number of aromatic nitrogens is 4. The number of phenolic OH excluding ortho intramolecular Hbond substituents is 1. The average molecular weight is 520 g/mol. The molecule has 10 heteroatoms. The van der Waals surface area contributed by atoms with Crippen molar-refractivity contribution in [1.29, 1.82) is 0 Å². The first-order chi connectivity index (χ1) is 15.2. The maximum Gasteiger partial charge on any atom is 0.138 e. The molecule has 7 nitrogen and oxygen atoms in total. The zero-order chi connectivity index (χ0) is 20.8. The van der Waals surface area contributed by atoms with E-state index < -0.39 is 0 Å². The van der Waals surface area contributed by atoms with E-state index in [1.807, 2.05) is 24.3 Å². The van der Waals surface area contributed by atoms with Crippen molar-refractivity contribution in [1.82, 2.24) is 25.3 Å². The molecule has 178 valence electrons. The molecular weight excluding hydrogens is 495 g/mol. The van der Waals surface area contributed by atoms with Crippen LogP contribution in [0, 0.1) is 0 Å². The molecule has 1 saturated heterocycles. The Morgan fingerprint density at radius 2 is 1.24 bits per heavy atom. The molecule has 0 aliphatic carbocycles. The lowest BCUT2D eigenvalue weighted by atomic mass is 10.2. The number of rotatable bonds is 3. The standard InChI is InChI=1S/C24H22N6O.3ClH/c31-18-5-1-15(2-6-18)23-26-19-7-3-16(13-21(19)28-23)24-27-20-8-4-17(14-22(20)29-24)30-11-9-25-10-12-30;;;/h1-8,13-14,25,31H,9-12H2,(H,26,28)(H,27,29);3*1H. The maximum atomic E-state index is 9.51. The van der Waals surface area contributed by atoms with E-state index in [9.17, 15) is 5.11 Å². The molecule has 0 atom stereocenters. The van der Waals surface area contributed by atoms with Crippen LogP contribution in [-0.2, 0) is 0 Å². The number of halogens is 3. The normalized spacial score (nSPS) is 13.2. The van der Waals surface area contributed by atoms with E-state index in [2.05, 4.69) is 49.4 Å². The summed E-state index contributed by atoms with van der Waals surface area (Å²) in [5.41, 5.74) is 7.01. The second-order valence-corrected chi connectivity index (χ2v) is 7.89. The number of aromatic amines is 2. The van der Waals surface area contributed by atoms with E-state index in [1.165, 1.54) is 5.69 Å². The van der Waals surface area contributed by atoms with Crippen LogP contribution in [0.1, 0.15) is 0 Å². The number of imidazole rings is 2. The Labute approximate surface area is 215 Å². The van der Waals surface area contributed by atoms with Gasteiger partial charge in [-0.3, -0.25) is 0 Å². The van der Waals surface area contributed by atoms with Gasteiger partial charge in [0.15, 0.2) is 0 Å². The van der Waals surface area contributed by atoms with Gasteiger partial charge >= 0.3 is 0 Å². The summed E-state index contributed by atoms with van der Waals surface area (Å²) in [6, 6.07) is 19.6. The first-order valence-electron chi connectivity index (χ1n) is 10.5. The van der Waals surface area contributed by atoms with Gasteiger partial charge in [0.2, 0.25) is 0 Å². The van der Waals surface area contributed by atoms with Crippen LogP contribution in [0.3, 0.4) is 0 Å². The molecule has 0 spiro atoms. The Kier molecular flexibility index (Phi) is 7.94. The number of phenols is 1. The number of aromatic hydroxyl groups is 1. The number of hydrogen-bond acceptors (Lipinski definition) is 5. The smallest absolute Gasteiger partial charge is 0.138 e. The Hall–Kier alpha value is -2.97. The lowest BCUT2D eigenvalue weighted by molar-refractivity contribution is 0.475. The third kappa shape index (κ3) is 4.79. The average Bonchev–Trinajstić information content (AvgIpc) is 3.43. The molecule has 0 radical (unpaired) electrons. The van der Waals surface area contributed by atoms with Gasteiger partial charge < -0.3 is 25.3 Å². The van der Waals surface area contributed by atoms with Crippen molar-refractivity contribution in [3.05, 3.63) is 60.7 Å². The quantitative estimate of drug-likeness (QED) is 0.264. The Balaban J connectivity index is 0.00000108. The molecule has 0 amide bonds. The number of anilines is 1. The second kappa shape index (κ2) is 10.5. The molecule has 5 aromatic rings. The van der Waals surface area contributed by atoms with Gasteiger partial charge in [0.1, 0.15) is 17.4 Å². The molecule has 4 N–H and O–H groups in total. The first kappa shape index (κ1) is 25.6. The highest BCUT2D eigenvalue weighted by Crippen LogP contribution is 2.28. The minimum Gasteiger partial charge on any atom is -0.508 e. The van der Waals surface area contributed by atoms with Gasteiger partial charge in [-0.25, -0.2) is 9.97 Å². The van der Waals surface area contributed by atoms with E-state index in [-0.39, 0.29) is 43.0 Å². The third-order valence-corrected chi connectivity index (χ3v) is 5.84. The van der Waals surface area contributed by atoms with Crippen molar-refractivity contribution in [2.75, 3.05) is 31.1 Å². The molecule has 3 heterocycles. The molecule has 2 aromatic heterocycles. The van der Waals surface area contributed by atoms with Gasteiger partial charge in [0.25, 0.3) is 0 Å². The van der Waals surface area contributed by atoms with Crippen LogP contribution in [0.25, 0.3) is 44.8 Å².